The van der Waals surface area contributed by atoms with Crippen LogP contribution >= 0.6 is 23.2 Å². The average molecular weight is 334 g/mol. The number of hydrogen-bond acceptors (Lipinski definition) is 2. The zero-order chi connectivity index (χ0) is 15.9. The molecule has 114 valence electrons. The largest absolute Gasteiger partial charge is 0.440 e. The maximum Gasteiger partial charge on any atom is 0.200 e. The first-order valence-electron chi connectivity index (χ1n) is 7.17. The normalized spacial score (nSPS) is 12.0. The molecule has 0 amide bonds. The molecular formula is C18H17Cl2NO. The highest BCUT2D eigenvalue weighted by atomic mass is 35.5. The monoisotopic (exact) mass is 333 g/mol. The van der Waals surface area contributed by atoms with Crippen molar-refractivity contribution in [2.75, 3.05) is 0 Å². The lowest BCUT2D eigenvalue weighted by molar-refractivity contribution is 0.544. The second kappa shape index (κ2) is 5.60. The highest BCUT2D eigenvalue weighted by Gasteiger charge is 2.16. The molecule has 1 aromatic heterocycles. The fraction of sp³-hybridized carbons (Fsp3) is 0.278. The van der Waals surface area contributed by atoms with Gasteiger partial charge in [0.05, 0.1) is 6.42 Å². The zero-order valence-corrected chi connectivity index (χ0v) is 14.3. The number of nitrogens with zero attached hydrogens (tertiary/aromatic N) is 1. The molecule has 2 nitrogen and oxygen atoms in total. The van der Waals surface area contributed by atoms with Gasteiger partial charge in [0.25, 0.3) is 0 Å². The van der Waals surface area contributed by atoms with E-state index in [4.69, 9.17) is 27.6 Å². The quantitative estimate of drug-likeness (QED) is 0.572. The molecule has 22 heavy (non-hydrogen) atoms. The van der Waals surface area contributed by atoms with Crippen molar-refractivity contribution in [3.63, 3.8) is 0 Å². The van der Waals surface area contributed by atoms with Crippen molar-refractivity contribution in [2.24, 2.45) is 0 Å². The van der Waals surface area contributed by atoms with Gasteiger partial charge in [0.2, 0.25) is 0 Å². The Hall–Kier alpha value is -1.51. The molecule has 1 heterocycles. The molecule has 0 radical (unpaired) electrons. The summed E-state index contributed by atoms with van der Waals surface area (Å²) in [6.07, 6.45) is 0.484. The Labute approximate surface area is 140 Å². The van der Waals surface area contributed by atoms with Crippen LogP contribution in [-0.2, 0) is 11.8 Å². The van der Waals surface area contributed by atoms with Gasteiger partial charge in [0.1, 0.15) is 5.52 Å². The van der Waals surface area contributed by atoms with Gasteiger partial charge in [-0.3, -0.25) is 0 Å². The molecule has 0 aliphatic carbocycles. The maximum absolute atomic E-state index is 6.21. The summed E-state index contributed by atoms with van der Waals surface area (Å²) in [5.74, 6) is 0.621. The van der Waals surface area contributed by atoms with Crippen LogP contribution in [0.15, 0.2) is 40.8 Å². The molecule has 4 heteroatoms. The van der Waals surface area contributed by atoms with Crippen molar-refractivity contribution in [1.29, 1.82) is 0 Å². The van der Waals surface area contributed by atoms with Gasteiger partial charge in [0, 0.05) is 10.0 Å². The summed E-state index contributed by atoms with van der Waals surface area (Å²) in [5.41, 5.74) is 3.81. The Morgan fingerprint density at radius 3 is 2.36 bits per heavy atom. The number of rotatable bonds is 2. The van der Waals surface area contributed by atoms with Crippen molar-refractivity contribution in [3.05, 3.63) is 63.5 Å². The summed E-state index contributed by atoms with van der Waals surface area (Å²) in [5, 5.41) is 1.26. The summed E-state index contributed by atoms with van der Waals surface area (Å²) in [4.78, 5) is 4.58. The molecule has 0 N–H and O–H groups in total. The van der Waals surface area contributed by atoms with Crippen molar-refractivity contribution >= 4 is 34.3 Å². The third-order valence-electron chi connectivity index (χ3n) is 3.69. The Kier molecular flexibility index (Phi) is 3.92. The van der Waals surface area contributed by atoms with E-state index < -0.39 is 0 Å². The predicted molar refractivity (Wildman–Crippen MR) is 92.0 cm³/mol. The Morgan fingerprint density at radius 2 is 1.73 bits per heavy atom. The van der Waals surface area contributed by atoms with Crippen LogP contribution in [0.5, 0.6) is 0 Å². The number of benzene rings is 2. The number of halogens is 2. The first kappa shape index (κ1) is 15.4. The van der Waals surface area contributed by atoms with Gasteiger partial charge in [-0.15, -0.1) is 0 Å². The molecule has 0 saturated carbocycles. The van der Waals surface area contributed by atoms with E-state index in [1.807, 2.05) is 24.3 Å². The minimum absolute atomic E-state index is 0.0827. The van der Waals surface area contributed by atoms with E-state index >= 15 is 0 Å². The summed E-state index contributed by atoms with van der Waals surface area (Å²) < 4.78 is 5.82. The van der Waals surface area contributed by atoms with E-state index in [0.29, 0.717) is 22.4 Å². The topological polar surface area (TPSA) is 26.0 Å². The maximum atomic E-state index is 6.21. The van der Waals surface area contributed by atoms with Crippen molar-refractivity contribution < 1.29 is 4.42 Å². The first-order valence-corrected chi connectivity index (χ1v) is 7.93. The minimum Gasteiger partial charge on any atom is -0.440 e. The third kappa shape index (κ3) is 2.99. The molecule has 0 saturated heterocycles. The Bertz CT molecular complexity index is 810. The van der Waals surface area contributed by atoms with E-state index in [-0.39, 0.29) is 5.41 Å². The number of aromatic nitrogens is 1. The van der Waals surface area contributed by atoms with Gasteiger partial charge in [-0.25, -0.2) is 4.98 Å². The van der Waals surface area contributed by atoms with E-state index in [1.54, 1.807) is 0 Å². The van der Waals surface area contributed by atoms with Gasteiger partial charge < -0.3 is 4.42 Å². The van der Waals surface area contributed by atoms with E-state index in [1.165, 1.54) is 5.56 Å². The van der Waals surface area contributed by atoms with Gasteiger partial charge in [-0.05, 0) is 40.8 Å². The lowest BCUT2D eigenvalue weighted by Crippen LogP contribution is -2.10. The second-order valence-corrected chi connectivity index (χ2v) is 7.23. The van der Waals surface area contributed by atoms with Crippen molar-refractivity contribution in [2.45, 2.75) is 32.6 Å². The summed E-state index contributed by atoms with van der Waals surface area (Å²) in [7, 11) is 0. The van der Waals surface area contributed by atoms with Gasteiger partial charge in [-0.1, -0.05) is 56.1 Å². The Morgan fingerprint density at radius 1 is 1.05 bits per heavy atom. The van der Waals surface area contributed by atoms with E-state index in [9.17, 15) is 0 Å². The highest BCUT2D eigenvalue weighted by Crippen LogP contribution is 2.29. The molecule has 0 spiro atoms. The lowest BCUT2D eigenvalue weighted by atomic mass is 9.87. The molecule has 2 aromatic carbocycles. The number of hydrogen-bond donors (Lipinski definition) is 0. The van der Waals surface area contributed by atoms with Crippen LogP contribution in [0, 0.1) is 0 Å². The third-order valence-corrected chi connectivity index (χ3v) is 4.40. The minimum atomic E-state index is 0.0827. The molecule has 0 aliphatic rings. The van der Waals surface area contributed by atoms with Crippen LogP contribution in [0.1, 0.15) is 37.8 Å². The molecule has 3 rings (SSSR count). The lowest BCUT2D eigenvalue weighted by Gasteiger charge is -2.18. The van der Waals surface area contributed by atoms with Crippen molar-refractivity contribution in [3.8, 4) is 0 Å². The molecule has 3 aromatic rings. The molecule has 0 atom stereocenters. The molecular weight excluding hydrogens is 317 g/mol. The summed E-state index contributed by atoms with van der Waals surface area (Å²) in [6, 6.07) is 11.6. The fourth-order valence-corrected chi connectivity index (χ4v) is 2.90. The molecule has 0 aliphatic heterocycles. The van der Waals surface area contributed by atoms with Gasteiger partial charge in [0.15, 0.2) is 11.5 Å². The highest BCUT2D eigenvalue weighted by molar-refractivity contribution is 6.36. The van der Waals surface area contributed by atoms with Crippen LogP contribution in [-0.4, -0.2) is 4.98 Å². The SMILES string of the molecule is CC(C)(C)c1ccc2oc(Cc3c(Cl)cccc3Cl)nc2c1. The molecule has 0 unspecified atom stereocenters. The Balaban J connectivity index is 1.99. The average Bonchev–Trinajstić information content (AvgIpc) is 2.83. The van der Waals surface area contributed by atoms with Crippen LogP contribution in [0.3, 0.4) is 0 Å². The van der Waals surface area contributed by atoms with E-state index in [0.717, 1.165) is 16.7 Å². The smallest absolute Gasteiger partial charge is 0.200 e. The summed E-state index contributed by atoms with van der Waals surface area (Å²) in [6.45, 7) is 6.54. The fourth-order valence-electron chi connectivity index (χ4n) is 2.37. The van der Waals surface area contributed by atoms with Crippen molar-refractivity contribution in [1.82, 2.24) is 4.98 Å². The van der Waals surface area contributed by atoms with Crippen LogP contribution in [0.4, 0.5) is 0 Å². The number of oxazole rings is 1. The van der Waals surface area contributed by atoms with Crippen LogP contribution in [0.2, 0.25) is 10.0 Å². The number of fused-ring (bicyclic) bond motifs is 1. The van der Waals surface area contributed by atoms with Gasteiger partial charge in [-0.2, -0.15) is 0 Å². The summed E-state index contributed by atoms with van der Waals surface area (Å²) >= 11 is 12.4. The molecule has 0 fully saturated rings. The van der Waals surface area contributed by atoms with E-state index in [2.05, 4.69) is 37.9 Å². The standard InChI is InChI=1S/C18H17Cl2NO/c1-18(2,3)11-7-8-16-15(9-11)21-17(22-16)10-12-13(19)5-4-6-14(12)20/h4-9H,10H2,1-3H3. The second-order valence-electron chi connectivity index (χ2n) is 6.42. The van der Waals surface area contributed by atoms with Crippen LogP contribution in [0.25, 0.3) is 11.1 Å². The van der Waals surface area contributed by atoms with Crippen LogP contribution < -0.4 is 0 Å². The zero-order valence-electron chi connectivity index (χ0n) is 12.8. The predicted octanol–water partition coefficient (Wildman–Crippen LogP) is 6.02. The first-order chi connectivity index (χ1) is 10.3. The molecule has 0 bridgehead atoms. The van der Waals surface area contributed by atoms with Gasteiger partial charge >= 0.3 is 0 Å².